The van der Waals surface area contributed by atoms with Crippen LogP contribution in [0.15, 0.2) is 42.6 Å². The number of pyridine rings is 1. The van der Waals surface area contributed by atoms with Crippen molar-refractivity contribution in [1.82, 2.24) is 20.2 Å². The lowest BCUT2D eigenvalue weighted by molar-refractivity contribution is -0.117. The summed E-state index contributed by atoms with van der Waals surface area (Å²) in [6, 6.07) is 11.4. The van der Waals surface area contributed by atoms with Gasteiger partial charge in [-0.15, -0.1) is 0 Å². The van der Waals surface area contributed by atoms with E-state index in [1.807, 2.05) is 49.5 Å². The number of benzene rings is 1. The number of aromatic amines is 1. The summed E-state index contributed by atoms with van der Waals surface area (Å²) < 4.78 is 9.95. The Kier molecular flexibility index (Phi) is 7.47. The van der Waals surface area contributed by atoms with Crippen LogP contribution >= 0.6 is 0 Å². The number of ether oxygens (including phenoxy) is 2. The Morgan fingerprint density at radius 1 is 1.15 bits per heavy atom. The highest BCUT2D eigenvalue weighted by Gasteiger charge is 2.43. The van der Waals surface area contributed by atoms with E-state index in [0.717, 1.165) is 61.7 Å². The molecule has 3 heterocycles. The molecule has 1 aliphatic carbocycles. The molecule has 0 bridgehead atoms. The lowest BCUT2D eigenvalue weighted by Crippen LogP contribution is -2.44. The number of aromatic nitrogens is 2. The second kappa shape index (κ2) is 10.7. The number of hydrogen-bond acceptors (Lipinski definition) is 6. The minimum absolute atomic E-state index is 0.111. The Morgan fingerprint density at radius 3 is 2.58 bits per heavy atom. The van der Waals surface area contributed by atoms with Crippen molar-refractivity contribution in [3.63, 3.8) is 0 Å². The van der Waals surface area contributed by atoms with Crippen LogP contribution in [0, 0.1) is 18.8 Å². The Hall–Kier alpha value is -3.10. The average molecular weight is 452 g/mol. The van der Waals surface area contributed by atoms with Gasteiger partial charge in [0.2, 0.25) is 5.91 Å². The maximum atomic E-state index is 12.4. The lowest BCUT2D eigenvalue weighted by Gasteiger charge is -2.27. The van der Waals surface area contributed by atoms with E-state index >= 15 is 0 Å². The zero-order chi connectivity index (χ0) is 23.2. The summed E-state index contributed by atoms with van der Waals surface area (Å²) in [5, 5.41) is 7.43. The normalized spacial score (nSPS) is 20.0. The van der Waals surface area contributed by atoms with Gasteiger partial charge in [-0.25, -0.2) is 4.98 Å². The largest absolute Gasteiger partial charge is 0.497 e. The minimum Gasteiger partial charge on any atom is -0.497 e. The van der Waals surface area contributed by atoms with Crippen molar-refractivity contribution in [3.8, 4) is 11.5 Å². The molecule has 5 rings (SSSR count). The Bertz CT molecular complexity index is 1060. The molecule has 3 N–H and O–H groups in total. The van der Waals surface area contributed by atoms with Crippen molar-refractivity contribution in [1.29, 1.82) is 0 Å². The highest BCUT2D eigenvalue weighted by molar-refractivity contribution is 5.94. The fourth-order valence-corrected chi connectivity index (χ4v) is 4.15. The molecule has 1 aliphatic heterocycles. The SMILES string of the molecule is COc1cccc(OC)c1.Cc1c[nH]c2nc(NC(=O)C3CC3CN3CCNCC3)ccc12. The van der Waals surface area contributed by atoms with Gasteiger partial charge >= 0.3 is 0 Å². The van der Waals surface area contributed by atoms with Gasteiger partial charge in [-0.3, -0.25) is 4.79 Å². The van der Waals surface area contributed by atoms with Crippen molar-refractivity contribution in [3.05, 3.63) is 48.2 Å². The summed E-state index contributed by atoms with van der Waals surface area (Å²) in [4.78, 5) is 22.4. The number of anilines is 1. The first kappa shape index (κ1) is 23.1. The number of piperazine rings is 1. The van der Waals surface area contributed by atoms with Crippen molar-refractivity contribution in [2.24, 2.45) is 11.8 Å². The van der Waals surface area contributed by atoms with Crippen molar-refractivity contribution >= 4 is 22.8 Å². The maximum absolute atomic E-state index is 12.4. The van der Waals surface area contributed by atoms with Gasteiger partial charge in [0.05, 0.1) is 14.2 Å². The summed E-state index contributed by atoms with van der Waals surface area (Å²) in [6.45, 7) is 7.39. The van der Waals surface area contributed by atoms with Crippen molar-refractivity contribution in [2.45, 2.75) is 13.3 Å². The monoisotopic (exact) mass is 451 g/mol. The van der Waals surface area contributed by atoms with E-state index in [4.69, 9.17) is 9.47 Å². The molecule has 2 fully saturated rings. The van der Waals surface area contributed by atoms with E-state index in [2.05, 4.69) is 25.5 Å². The molecular formula is C25H33N5O3. The van der Waals surface area contributed by atoms with Gasteiger partial charge < -0.3 is 30.0 Å². The molecule has 2 atom stereocenters. The van der Waals surface area contributed by atoms with Crippen LogP contribution in [0.25, 0.3) is 11.0 Å². The van der Waals surface area contributed by atoms with Crippen LogP contribution in [0.1, 0.15) is 12.0 Å². The van der Waals surface area contributed by atoms with Crippen LogP contribution < -0.4 is 20.1 Å². The summed E-state index contributed by atoms with van der Waals surface area (Å²) in [5.41, 5.74) is 2.00. The summed E-state index contributed by atoms with van der Waals surface area (Å²) in [7, 11) is 3.27. The van der Waals surface area contributed by atoms with Gasteiger partial charge in [0.25, 0.3) is 0 Å². The molecule has 1 aromatic carbocycles. The molecular weight excluding hydrogens is 418 g/mol. The quantitative estimate of drug-likeness (QED) is 0.534. The van der Waals surface area contributed by atoms with Gasteiger partial charge in [0.1, 0.15) is 23.0 Å². The second-order valence-electron chi connectivity index (χ2n) is 8.59. The summed E-state index contributed by atoms with van der Waals surface area (Å²) >= 11 is 0. The van der Waals surface area contributed by atoms with Gasteiger partial charge in [-0.1, -0.05) is 6.07 Å². The van der Waals surface area contributed by atoms with E-state index in [1.165, 1.54) is 5.56 Å². The maximum Gasteiger partial charge on any atom is 0.228 e. The molecule has 2 aliphatic rings. The van der Waals surface area contributed by atoms with E-state index in [0.29, 0.717) is 11.7 Å². The smallest absolute Gasteiger partial charge is 0.228 e. The lowest BCUT2D eigenvalue weighted by atomic mass is 10.2. The van der Waals surface area contributed by atoms with E-state index in [-0.39, 0.29) is 11.8 Å². The highest BCUT2D eigenvalue weighted by atomic mass is 16.5. The van der Waals surface area contributed by atoms with Crippen LogP contribution in [-0.2, 0) is 4.79 Å². The fourth-order valence-electron chi connectivity index (χ4n) is 4.15. The number of carbonyl (C=O) groups is 1. The third-order valence-electron chi connectivity index (χ3n) is 6.24. The number of H-pyrrole nitrogens is 1. The number of amides is 1. The number of aryl methyl sites for hydroxylation is 1. The molecule has 176 valence electrons. The van der Waals surface area contributed by atoms with Gasteiger partial charge in [-0.05, 0) is 49.1 Å². The number of rotatable bonds is 6. The molecule has 2 aromatic heterocycles. The highest BCUT2D eigenvalue weighted by Crippen LogP contribution is 2.40. The number of fused-ring (bicyclic) bond motifs is 1. The van der Waals surface area contributed by atoms with E-state index < -0.39 is 0 Å². The number of nitrogens with one attached hydrogen (secondary N) is 3. The average Bonchev–Trinajstić information content (AvgIpc) is 3.53. The van der Waals surface area contributed by atoms with E-state index in [1.54, 1.807) is 14.2 Å². The summed E-state index contributed by atoms with van der Waals surface area (Å²) in [5.74, 6) is 3.04. The van der Waals surface area contributed by atoms with Crippen molar-refractivity contribution < 1.29 is 14.3 Å². The van der Waals surface area contributed by atoms with Crippen LogP contribution in [0.5, 0.6) is 11.5 Å². The molecule has 0 spiro atoms. The first-order valence-corrected chi connectivity index (χ1v) is 11.4. The minimum atomic E-state index is 0.111. The summed E-state index contributed by atoms with van der Waals surface area (Å²) in [6.07, 6.45) is 2.94. The van der Waals surface area contributed by atoms with E-state index in [9.17, 15) is 4.79 Å². The predicted molar refractivity (Wildman–Crippen MR) is 130 cm³/mol. The zero-order valence-corrected chi connectivity index (χ0v) is 19.6. The Morgan fingerprint density at radius 2 is 1.88 bits per heavy atom. The van der Waals surface area contributed by atoms with Gasteiger partial charge in [-0.2, -0.15) is 0 Å². The third-order valence-corrected chi connectivity index (χ3v) is 6.24. The molecule has 1 saturated heterocycles. The van der Waals surface area contributed by atoms with Crippen molar-refractivity contribution in [2.75, 3.05) is 52.3 Å². The molecule has 3 aromatic rings. The van der Waals surface area contributed by atoms with Gasteiger partial charge in [0, 0.05) is 56.3 Å². The Labute approximate surface area is 194 Å². The number of nitrogens with zero attached hydrogens (tertiary/aromatic N) is 2. The number of hydrogen-bond donors (Lipinski definition) is 3. The van der Waals surface area contributed by atoms with Gasteiger partial charge in [0.15, 0.2) is 0 Å². The molecule has 8 nitrogen and oxygen atoms in total. The molecule has 33 heavy (non-hydrogen) atoms. The predicted octanol–water partition coefficient (Wildman–Crippen LogP) is 3.05. The Balaban J connectivity index is 0.000000219. The van der Waals surface area contributed by atoms with Crippen LogP contribution in [-0.4, -0.2) is 67.7 Å². The number of methoxy groups -OCH3 is 2. The molecule has 2 unspecified atom stereocenters. The molecule has 0 radical (unpaired) electrons. The van der Waals surface area contributed by atoms with Crippen LogP contribution in [0.2, 0.25) is 0 Å². The molecule has 8 heteroatoms. The number of carbonyl (C=O) groups excluding carboxylic acids is 1. The topological polar surface area (TPSA) is 91.5 Å². The molecule has 1 amide bonds. The third kappa shape index (κ3) is 6.03. The first-order chi connectivity index (χ1) is 16.1. The fraction of sp³-hybridized carbons (Fsp3) is 0.440. The first-order valence-electron chi connectivity index (χ1n) is 11.4. The zero-order valence-electron chi connectivity index (χ0n) is 19.6. The molecule has 1 saturated carbocycles. The van der Waals surface area contributed by atoms with Crippen LogP contribution in [0.4, 0.5) is 5.82 Å². The second-order valence-corrected chi connectivity index (χ2v) is 8.59. The van der Waals surface area contributed by atoms with Crippen LogP contribution in [0.3, 0.4) is 0 Å². The standard InChI is InChI=1S/C17H23N5O.C8H10O2/c1-11-9-19-16-13(11)2-3-15(20-16)21-17(23)14-8-12(14)10-22-6-4-18-5-7-22;1-9-7-4-3-5-8(6-7)10-2/h2-3,9,12,14,18H,4-8,10H2,1H3,(H2,19,20,21,23);3-6H,1-2H3.